The van der Waals surface area contributed by atoms with Crippen molar-refractivity contribution in [3.63, 3.8) is 0 Å². The second-order valence-electron chi connectivity index (χ2n) is 2.30. The molecule has 1 heterocycles. The van der Waals surface area contributed by atoms with Crippen LogP contribution in [0, 0.1) is 0 Å². The Morgan fingerprint density at radius 1 is 1.43 bits per heavy atom. The van der Waals surface area contributed by atoms with Crippen molar-refractivity contribution >= 4 is 49.2 Å². The van der Waals surface area contributed by atoms with E-state index in [0.29, 0.717) is 3.72 Å². The van der Waals surface area contributed by atoms with Gasteiger partial charge < -0.3 is 0 Å². The van der Waals surface area contributed by atoms with Gasteiger partial charge in [-0.2, -0.15) is 13.2 Å². The van der Waals surface area contributed by atoms with Crippen LogP contribution in [0.2, 0.25) is 0 Å². The normalized spacial score (nSPS) is 13.1. The van der Waals surface area contributed by atoms with E-state index in [1.165, 1.54) is 0 Å². The zero-order chi connectivity index (χ0) is 10.8. The number of rotatable bonds is 1. The van der Waals surface area contributed by atoms with Crippen LogP contribution >= 0.6 is 45.5 Å². The molecule has 0 aliphatic carbocycles. The summed E-state index contributed by atoms with van der Waals surface area (Å²) in [5, 5.41) is 0. The lowest BCUT2D eigenvalue weighted by atomic mass is 10.2. The largest absolute Gasteiger partial charge is 0.416 e. The van der Waals surface area contributed by atoms with Crippen LogP contribution in [0.3, 0.4) is 0 Å². The number of nitrogens with zero attached hydrogens (tertiary/aromatic N) is 2. The first-order valence-corrected chi connectivity index (χ1v) is 5.37. The fourth-order valence-corrected chi connectivity index (χ4v) is 1.31. The fraction of sp³-hybridized carbons (Fsp3) is 0.143. The van der Waals surface area contributed by atoms with Crippen molar-refractivity contribution in [3.8, 4) is 0 Å². The van der Waals surface area contributed by atoms with Crippen LogP contribution in [0.5, 0.6) is 0 Å². The molecule has 0 saturated heterocycles. The molecule has 14 heavy (non-hydrogen) atoms. The van der Waals surface area contributed by atoms with E-state index in [0.717, 1.165) is 18.3 Å². The van der Waals surface area contributed by atoms with Crippen LogP contribution in [0.1, 0.15) is 11.3 Å². The van der Waals surface area contributed by atoms with Gasteiger partial charge in [0.25, 0.3) is 0 Å². The van der Waals surface area contributed by atoms with Crippen molar-refractivity contribution < 1.29 is 13.2 Å². The zero-order valence-corrected chi connectivity index (χ0v) is 10.8. The predicted molar refractivity (Wildman–Crippen MR) is 63.8 cm³/mol. The summed E-state index contributed by atoms with van der Waals surface area (Å²) in [6.45, 7) is 0. The van der Waals surface area contributed by atoms with Gasteiger partial charge in [0.2, 0.25) is 0 Å². The molecule has 7 heteroatoms. The number of alkyl halides is 3. The summed E-state index contributed by atoms with van der Waals surface area (Å²) in [6, 6.07) is 1.91. The number of hydrogen-bond donors (Lipinski definition) is 0. The first-order chi connectivity index (χ1) is 6.45. The molecule has 1 aromatic rings. The fourth-order valence-electron chi connectivity index (χ4n) is 0.763. The summed E-state index contributed by atoms with van der Waals surface area (Å²) < 4.78 is 41.0. The molecule has 0 spiro atoms. The molecule has 1 aromatic heterocycles. The highest BCUT2D eigenvalue weighted by atomic mass is 127. The standard InChI is InChI=1S/C7H3F3I2N2/c8-7(9,10)4-1-2-13-5(3-4)6(11)14-12/h1-3H. The maximum Gasteiger partial charge on any atom is 0.416 e. The minimum Gasteiger partial charge on any atom is -0.254 e. The average molecular weight is 426 g/mol. The first-order valence-electron chi connectivity index (χ1n) is 3.33. The molecule has 76 valence electrons. The van der Waals surface area contributed by atoms with Crippen LogP contribution in [0.25, 0.3) is 0 Å². The second-order valence-corrected chi connectivity index (χ2v) is 3.81. The van der Waals surface area contributed by atoms with Gasteiger partial charge in [-0.25, -0.2) is 3.21 Å². The molecule has 0 aliphatic rings. The Labute approximate surface area is 106 Å². The lowest BCUT2D eigenvalue weighted by Crippen LogP contribution is -2.07. The molecule has 0 N–H and O–H groups in total. The highest BCUT2D eigenvalue weighted by molar-refractivity contribution is 14.1. The highest BCUT2D eigenvalue weighted by Crippen LogP contribution is 2.29. The van der Waals surface area contributed by atoms with E-state index >= 15 is 0 Å². The summed E-state index contributed by atoms with van der Waals surface area (Å²) in [4.78, 5) is 3.78. The van der Waals surface area contributed by atoms with Gasteiger partial charge in [-0.15, -0.1) is 0 Å². The van der Waals surface area contributed by atoms with Crippen LogP contribution < -0.4 is 0 Å². The minimum atomic E-state index is -4.33. The molecule has 0 aromatic carbocycles. The van der Waals surface area contributed by atoms with Crippen LogP contribution in [-0.4, -0.2) is 8.70 Å². The quantitative estimate of drug-likeness (QED) is 0.498. The third kappa shape index (κ3) is 3.04. The Balaban J connectivity index is 3.14. The monoisotopic (exact) mass is 426 g/mol. The van der Waals surface area contributed by atoms with Crippen molar-refractivity contribution in [2.75, 3.05) is 0 Å². The minimum absolute atomic E-state index is 0.231. The maximum atomic E-state index is 12.3. The molecular formula is C7H3F3I2N2. The summed E-state index contributed by atoms with van der Waals surface area (Å²) in [5.74, 6) is 0. The van der Waals surface area contributed by atoms with Crippen molar-refractivity contribution in [3.05, 3.63) is 29.6 Å². The Bertz CT molecular complexity index is 362. The van der Waals surface area contributed by atoms with Crippen molar-refractivity contribution in [2.24, 2.45) is 3.21 Å². The zero-order valence-electron chi connectivity index (χ0n) is 6.52. The smallest absolute Gasteiger partial charge is 0.254 e. The van der Waals surface area contributed by atoms with Crippen molar-refractivity contribution in [2.45, 2.75) is 6.18 Å². The van der Waals surface area contributed by atoms with Crippen LogP contribution in [0.15, 0.2) is 21.5 Å². The molecular weight excluding hydrogens is 423 g/mol. The second kappa shape index (κ2) is 4.73. The lowest BCUT2D eigenvalue weighted by molar-refractivity contribution is -0.137. The third-order valence-electron chi connectivity index (χ3n) is 1.37. The molecule has 0 radical (unpaired) electrons. The van der Waals surface area contributed by atoms with Gasteiger partial charge in [-0.3, -0.25) is 4.98 Å². The number of halogens is 5. The molecule has 0 bridgehead atoms. The first kappa shape index (κ1) is 12.1. The number of aromatic nitrogens is 1. The van der Waals surface area contributed by atoms with E-state index in [-0.39, 0.29) is 5.69 Å². The Hall–Kier alpha value is 0.0700. The molecule has 0 amide bonds. The maximum absolute atomic E-state index is 12.3. The molecule has 1 rings (SSSR count). The summed E-state index contributed by atoms with van der Waals surface area (Å²) in [6.07, 6.45) is -3.21. The van der Waals surface area contributed by atoms with Gasteiger partial charge in [0, 0.05) is 6.20 Å². The van der Waals surface area contributed by atoms with E-state index in [1.54, 1.807) is 22.9 Å². The van der Waals surface area contributed by atoms with Gasteiger partial charge in [0.15, 0.2) is 0 Å². The van der Waals surface area contributed by atoms with Crippen molar-refractivity contribution in [1.29, 1.82) is 0 Å². The summed E-state index contributed by atoms with van der Waals surface area (Å²) in [5.41, 5.74) is -0.480. The van der Waals surface area contributed by atoms with Gasteiger partial charge in [0.1, 0.15) is 3.72 Å². The lowest BCUT2D eigenvalue weighted by Gasteiger charge is -2.06. The Morgan fingerprint density at radius 2 is 2.07 bits per heavy atom. The Morgan fingerprint density at radius 3 is 2.57 bits per heavy atom. The molecule has 0 saturated carbocycles. The van der Waals surface area contributed by atoms with Gasteiger partial charge >= 0.3 is 6.18 Å². The van der Waals surface area contributed by atoms with E-state index < -0.39 is 11.7 Å². The van der Waals surface area contributed by atoms with Crippen LogP contribution in [0.4, 0.5) is 13.2 Å². The summed E-state index contributed by atoms with van der Waals surface area (Å²) >= 11 is 3.54. The van der Waals surface area contributed by atoms with E-state index in [4.69, 9.17) is 0 Å². The van der Waals surface area contributed by atoms with E-state index in [1.807, 2.05) is 22.6 Å². The average Bonchev–Trinajstić information content (AvgIpc) is 2.15. The molecule has 0 unspecified atom stereocenters. The van der Waals surface area contributed by atoms with E-state index in [9.17, 15) is 13.2 Å². The highest BCUT2D eigenvalue weighted by Gasteiger charge is 2.30. The third-order valence-corrected chi connectivity index (χ3v) is 3.57. The van der Waals surface area contributed by atoms with E-state index in [2.05, 4.69) is 8.19 Å². The molecule has 0 fully saturated rings. The van der Waals surface area contributed by atoms with Crippen LogP contribution in [-0.2, 0) is 6.18 Å². The summed E-state index contributed by atoms with van der Waals surface area (Å²) in [7, 11) is 0. The SMILES string of the molecule is FC(F)(F)c1ccnc(C(I)=NI)c1. The predicted octanol–water partition coefficient (Wildman–Crippen LogP) is 3.63. The topological polar surface area (TPSA) is 25.2 Å². The van der Waals surface area contributed by atoms with Crippen molar-refractivity contribution in [1.82, 2.24) is 4.98 Å². The van der Waals surface area contributed by atoms with Gasteiger partial charge in [0.05, 0.1) is 34.1 Å². The van der Waals surface area contributed by atoms with Gasteiger partial charge in [-0.05, 0) is 34.7 Å². The molecule has 0 atom stereocenters. The molecule has 2 nitrogen and oxygen atoms in total. The molecule has 0 aliphatic heterocycles. The number of hydrogen-bond acceptors (Lipinski definition) is 2. The number of pyridine rings is 1. The van der Waals surface area contributed by atoms with Gasteiger partial charge in [-0.1, -0.05) is 0 Å². The Kier molecular flexibility index (Phi) is 4.10.